The first-order valence-corrected chi connectivity index (χ1v) is 7.12. The molecule has 1 unspecified atom stereocenters. The highest BCUT2D eigenvalue weighted by atomic mass is 16.6. The van der Waals surface area contributed by atoms with Gasteiger partial charge in [-0.25, -0.2) is 9.97 Å². The number of H-pyrrole nitrogens is 1. The molecule has 0 radical (unpaired) electrons. The second-order valence-electron chi connectivity index (χ2n) is 5.12. The van der Waals surface area contributed by atoms with E-state index in [4.69, 9.17) is 14.2 Å². The Kier molecular flexibility index (Phi) is 4.68. The fraction of sp³-hybridized carbons (Fsp3) is 0.615. The first-order chi connectivity index (χ1) is 11.2. The third-order valence-corrected chi connectivity index (χ3v) is 3.73. The van der Waals surface area contributed by atoms with Crippen LogP contribution < -0.4 is 5.56 Å². The summed E-state index contributed by atoms with van der Waals surface area (Å²) in [6.45, 7) is 0.302. The monoisotopic (exact) mass is 326 g/mol. The van der Waals surface area contributed by atoms with Crippen LogP contribution in [0.2, 0.25) is 0 Å². The molecule has 3 N–H and O–H groups in total. The summed E-state index contributed by atoms with van der Waals surface area (Å²) in [5.74, 6) is 0. The first-order valence-electron chi connectivity index (χ1n) is 7.12. The average molecular weight is 326 g/mol. The van der Waals surface area contributed by atoms with Gasteiger partial charge in [0.05, 0.1) is 32.5 Å². The Morgan fingerprint density at radius 2 is 2.26 bits per heavy atom. The van der Waals surface area contributed by atoms with E-state index in [0.717, 1.165) is 0 Å². The van der Waals surface area contributed by atoms with Crippen LogP contribution in [0.15, 0.2) is 17.4 Å². The Labute approximate surface area is 130 Å². The molecule has 0 aliphatic carbocycles. The van der Waals surface area contributed by atoms with Gasteiger partial charge in [0.2, 0.25) is 0 Å². The number of aromatic amines is 1. The van der Waals surface area contributed by atoms with Crippen LogP contribution in [-0.4, -0.2) is 75.0 Å². The standard InChI is InChI=1S/C13H18N4O6/c1-21-2-3-22-10-7(4-18)23-13(9(10)19)17-6-16-8-11(17)14-5-15-12(8)20/h5-7,9-10,13,18-19H,2-4H2,1H3,(H,14,15,20)/t7-,9?,10+,13-/m1/s1. The summed E-state index contributed by atoms with van der Waals surface area (Å²) in [4.78, 5) is 22.2. The van der Waals surface area contributed by atoms with Crippen molar-refractivity contribution >= 4 is 11.2 Å². The van der Waals surface area contributed by atoms with Gasteiger partial charge in [0.25, 0.3) is 5.56 Å². The van der Waals surface area contributed by atoms with Crippen LogP contribution in [-0.2, 0) is 14.2 Å². The summed E-state index contributed by atoms with van der Waals surface area (Å²) in [5.41, 5.74) is 0.0486. The van der Waals surface area contributed by atoms with E-state index in [1.54, 1.807) is 0 Å². The molecule has 3 heterocycles. The van der Waals surface area contributed by atoms with Crippen molar-refractivity contribution in [2.75, 3.05) is 26.9 Å². The number of nitrogens with one attached hydrogen (secondary N) is 1. The van der Waals surface area contributed by atoms with Crippen molar-refractivity contribution in [1.82, 2.24) is 19.5 Å². The number of aromatic nitrogens is 4. The smallest absolute Gasteiger partial charge is 0.278 e. The quantitative estimate of drug-likeness (QED) is 0.541. The van der Waals surface area contributed by atoms with Gasteiger partial charge >= 0.3 is 0 Å². The second-order valence-corrected chi connectivity index (χ2v) is 5.12. The van der Waals surface area contributed by atoms with Gasteiger partial charge in [-0.3, -0.25) is 9.36 Å². The molecule has 2 aromatic heterocycles. The number of methoxy groups -OCH3 is 1. The molecule has 0 spiro atoms. The van der Waals surface area contributed by atoms with E-state index >= 15 is 0 Å². The molecule has 10 heteroatoms. The summed E-state index contributed by atoms with van der Waals surface area (Å²) in [5, 5.41) is 19.9. The Morgan fingerprint density at radius 3 is 3.00 bits per heavy atom. The minimum Gasteiger partial charge on any atom is -0.394 e. The minimum absolute atomic E-state index is 0.146. The lowest BCUT2D eigenvalue weighted by Crippen LogP contribution is -2.37. The van der Waals surface area contributed by atoms with Gasteiger partial charge in [-0.15, -0.1) is 0 Å². The summed E-state index contributed by atoms with van der Waals surface area (Å²) >= 11 is 0. The highest BCUT2D eigenvalue weighted by molar-refractivity contribution is 5.68. The number of ether oxygens (including phenoxy) is 3. The van der Waals surface area contributed by atoms with Crippen molar-refractivity contribution in [1.29, 1.82) is 0 Å². The molecule has 126 valence electrons. The molecular weight excluding hydrogens is 308 g/mol. The highest BCUT2D eigenvalue weighted by Gasteiger charge is 2.45. The zero-order chi connectivity index (χ0) is 16.4. The van der Waals surface area contributed by atoms with E-state index in [1.807, 2.05) is 0 Å². The Hall–Kier alpha value is -1.85. The fourth-order valence-corrected chi connectivity index (χ4v) is 2.62. The SMILES string of the molecule is COCCO[C@@H]1C(O)[C@H](n2cnc3c(=O)[nH]cnc32)O[C@@H]1CO. The van der Waals surface area contributed by atoms with E-state index in [-0.39, 0.29) is 29.9 Å². The van der Waals surface area contributed by atoms with E-state index in [9.17, 15) is 15.0 Å². The van der Waals surface area contributed by atoms with Crippen molar-refractivity contribution in [3.8, 4) is 0 Å². The molecule has 3 rings (SSSR count). The van der Waals surface area contributed by atoms with E-state index < -0.39 is 24.5 Å². The van der Waals surface area contributed by atoms with E-state index in [1.165, 1.54) is 24.3 Å². The molecule has 0 aromatic carbocycles. The molecule has 23 heavy (non-hydrogen) atoms. The molecule has 1 fully saturated rings. The number of fused-ring (bicyclic) bond motifs is 1. The minimum atomic E-state index is -1.05. The fourth-order valence-electron chi connectivity index (χ4n) is 2.62. The Bertz CT molecular complexity index is 716. The predicted octanol–water partition coefficient (Wildman–Crippen LogP) is -1.60. The summed E-state index contributed by atoms with van der Waals surface area (Å²) in [6.07, 6.45) is -0.722. The van der Waals surface area contributed by atoms with Gasteiger partial charge in [0.15, 0.2) is 17.4 Å². The maximum Gasteiger partial charge on any atom is 0.278 e. The second kappa shape index (κ2) is 6.72. The molecule has 2 aromatic rings. The van der Waals surface area contributed by atoms with Gasteiger partial charge < -0.3 is 29.4 Å². The lowest BCUT2D eigenvalue weighted by molar-refractivity contribution is -0.0678. The molecule has 0 amide bonds. The van der Waals surface area contributed by atoms with Crippen LogP contribution >= 0.6 is 0 Å². The number of nitrogens with zero attached hydrogens (tertiary/aromatic N) is 3. The van der Waals surface area contributed by atoms with Crippen LogP contribution in [0.5, 0.6) is 0 Å². The molecular formula is C13H18N4O6. The van der Waals surface area contributed by atoms with Gasteiger partial charge in [-0.2, -0.15) is 0 Å². The third kappa shape index (κ3) is 2.86. The first kappa shape index (κ1) is 16.0. The largest absolute Gasteiger partial charge is 0.394 e. The van der Waals surface area contributed by atoms with Gasteiger partial charge in [-0.05, 0) is 0 Å². The number of aliphatic hydroxyl groups is 2. The molecule has 1 saturated heterocycles. The summed E-state index contributed by atoms with van der Waals surface area (Å²) in [7, 11) is 1.54. The van der Waals surface area contributed by atoms with Gasteiger partial charge in [0.1, 0.15) is 18.3 Å². The molecule has 4 atom stereocenters. The predicted molar refractivity (Wildman–Crippen MR) is 76.8 cm³/mol. The molecule has 10 nitrogen and oxygen atoms in total. The van der Waals surface area contributed by atoms with Crippen LogP contribution in [0.1, 0.15) is 6.23 Å². The van der Waals surface area contributed by atoms with E-state index in [0.29, 0.717) is 6.61 Å². The zero-order valence-electron chi connectivity index (χ0n) is 12.5. The maximum absolute atomic E-state index is 11.7. The normalized spacial score (nSPS) is 27.8. The number of rotatable bonds is 6. The van der Waals surface area contributed by atoms with Crippen molar-refractivity contribution in [3.63, 3.8) is 0 Å². The summed E-state index contributed by atoms with van der Waals surface area (Å²) in [6, 6.07) is 0. The molecule has 1 aliphatic rings. The third-order valence-electron chi connectivity index (χ3n) is 3.73. The number of hydrogen-bond donors (Lipinski definition) is 3. The summed E-state index contributed by atoms with van der Waals surface area (Å²) < 4.78 is 17.6. The Morgan fingerprint density at radius 1 is 1.43 bits per heavy atom. The number of aliphatic hydroxyl groups excluding tert-OH is 2. The number of imidazole rings is 1. The van der Waals surface area contributed by atoms with Crippen molar-refractivity contribution < 1.29 is 24.4 Å². The average Bonchev–Trinajstić information content (AvgIpc) is 3.10. The van der Waals surface area contributed by atoms with Gasteiger partial charge in [-0.1, -0.05) is 0 Å². The number of hydrogen-bond acceptors (Lipinski definition) is 8. The molecule has 0 saturated carbocycles. The Balaban J connectivity index is 1.87. The van der Waals surface area contributed by atoms with E-state index in [2.05, 4.69) is 15.0 Å². The van der Waals surface area contributed by atoms with Crippen LogP contribution in [0.3, 0.4) is 0 Å². The van der Waals surface area contributed by atoms with Crippen LogP contribution in [0, 0.1) is 0 Å². The van der Waals surface area contributed by atoms with Crippen molar-refractivity contribution in [2.45, 2.75) is 24.5 Å². The lowest BCUT2D eigenvalue weighted by Gasteiger charge is -2.19. The van der Waals surface area contributed by atoms with Crippen LogP contribution in [0.4, 0.5) is 0 Å². The van der Waals surface area contributed by atoms with Crippen molar-refractivity contribution in [3.05, 3.63) is 23.0 Å². The van der Waals surface area contributed by atoms with Gasteiger partial charge in [0, 0.05) is 7.11 Å². The highest BCUT2D eigenvalue weighted by Crippen LogP contribution is 2.32. The molecule has 0 bridgehead atoms. The van der Waals surface area contributed by atoms with Crippen LogP contribution in [0.25, 0.3) is 11.2 Å². The lowest BCUT2D eigenvalue weighted by atomic mass is 10.1. The van der Waals surface area contributed by atoms with Crippen molar-refractivity contribution in [2.24, 2.45) is 0 Å². The molecule has 1 aliphatic heterocycles. The maximum atomic E-state index is 11.7. The zero-order valence-corrected chi connectivity index (χ0v) is 12.5. The topological polar surface area (TPSA) is 132 Å².